The van der Waals surface area contributed by atoms with Crippen LogP contribution < -0.4 is 4.74 Å². The van der Waals surface area contributed by atoms with E-state index in [0.29, 0.717) is 11.3 Å². The molecule has 1 rings (SSSR count). The van der Waals surface area contributed by atoms with E-state index >= 15 is 0 Å². The van der Waals surface area contributed by atoms with Crippen LogP contribution >= 0.6 is 0 Å². The van der Waals surface area contributed by atoms with E-state index in [9.17, 15) is 15.0 Å². The molecular formula is C12H16O5. The Hall–Kier alpha value is -1.59. The zero-order valence-electron chi connectivity index (χ0n) is 10.0. The summed E-state index contributed by atoms with van der Waals surface area (Å²) in [7, 11) is 2.65. The first-order valence-electron chi connectivity index (χ1n) is 5.09. The topological polar surface area (TPSA) is 76.0 Å². The number of aliphatic hydroxyl groups excluding tert-OH is 2. The summed E-state index contributed by atoms with van der Waals surface area (Å²) in [5, 5.41) is 19.4. The highest BCUT2D eigenvalue weighted by molar-refractivity contribution is 5.75. The number of methoxy groups -OCH3 is 2. The molecule has 0 bridgehead atoms. The Morgan fingerprint density at radius 1 is 1.29 bits per heavy atom. The van der Waals surface area contributed by atoms with E-state index in [4.69, 9.17) is 4.74 Å². The average Bonchev–Trinajstić information content (AvgIpc) is 2.36. The third-order valence-corrected chi connectivity index (χ3v) is 2.55. The van der Waals surface area contributed by atoms with Gasteiger partial charge in [-0.3, -0.25) is 0 Å². The van der Waals surface area contributed by atoms with Crippen LogP contribution in [0.3, 0.4) is 0 Å². The first kappa shape index (κ1) is 13.5. The fourth-order valence-electron chi connectivity index (χ4n) is 1.48. The molecule has 2 atom stereocenters. The van der Waals surface area contributed by atoms with Crippen LogP contribution in [0.4, 0.5) is 0 Å². The molecule has 0 aliphatic carbocycles. The van der Waals surface area contributed by atoms with Gasteiger partial charge >= 0.3 is 5.97 Å². The summed E-state index contributed by atoms with van der Waals surface area (Å²) in [6.45, 7) is 1.77. The van der Waals surface area contributed by atoms with Crippen molar-refractivity contribution in [1.82, 2.24) is 0 Å². The molecule has 0 saturated heterocycles. The van der Waals surface area contributed by atoms with Gasteiger partial charge in [0, 0.05) is 0 Å². The molecule has 0 aliphatic heterocycles. The number of aryl methyl sites for hydroxylation is 1. The lowest BCUT2D eigenvalue weighted by molar-refractivity contribution is -0.156. The molecule has 0 heterocycles. The van der Waals surface area contributed by atoms with Crippen molar-refractivity contribution in [1.29, 1.82) is 0 Å². The van der Waals surface area contributed by atoms with Crippen molar-refractivity contribution < 1.29 is 24.5 Å². The Morgan fingerprint density at radius 3 is 2.47 bits per heavy atom. The van der Waals surface area contributed by atoms with E-state index in [1.54, 1.807) is 25.1 Å². The van der Waals surface area contributed by atoms with Crippen molar-refractivity contribution in [2.24, 2.45) is 0 Å². The Bertz CT molecular complexity index is 402. The Kier molecular flexibility index (Phi) is 4.48. The predicted molar refractivity (Wildman–Crippen MR) is 60.7 cm³/mol. The molecule has 5 nitrogen and oxygen atoms in total. The van der Waals surface area contributed by atoms with E-state index in [0.717, 1.165) is 12.7 Å². The minimum Gasteiger partial charge on any atom is -0.497 e. The first-order chi connectivity index (χ1) is 8.01. The molecule has 0 amide bonds. The third kappa shape index (κ3) is 2.95. The highest BCUT2D eigenvalue weighted by atomic mass is 16.5. The number of rotatable bonds is 4. The largest absolute Gasteiger partial charge is 0.497 e. The minimum absolute atomic E-state index is 0.433. The fourth-order valence-corrected chi connectivity index (χ4v) is 1.48. The summed E-state index contributed by atoms with van der Waals surface area (Å²) in [5.41, 5.74) is 1.18. The monoisotopic (exact) mass is 240 g/mol. The summed E-state index contributed by atoms with van der Waals surface area (Å²) < 4.78 is 9.39. The highest BCUT2D eigenvalue weighted by Gasteiger charge is 2.27. The van der Waals surface area contributed by atoms with E-state index in [-0.39, 0.29) is 0 Å². The standard InChI is InChI=1S/C12H16O5/c1-7-4-5-8(16-2)6-9(7)10(13)11(14)12(15)17-3/h4-6,10-11,13-14H,1-3H3. The van der Waals surface area contributed by atoms with Gasteiger partial charge in [0.25, 0.3) is 0 Å². The summed E-state index contributed by atoms with van der Waals surface area (Å²) >= 11 is 0. The number of carbonyl (C=O) groups is 1. The quantitative estimate of drug-likeness (QED) is 0.752. The van der Waals surface area contributed by atoms with Gasteiger partial charge in [-0.25, -0.2) is 4.79 Å². The van der Waals surface area contributed by atoms with E-state index < -0.39 is 18.2 Å². The molecule has 5 heteroatoms. The van der Waals surface area contributed by atoms with Crippen molar-refractivity contribution in [2.45, 2.75) is 19.1 Å². The van der Waals surface area contributed by atoms with Gasteiger partial charge in [0.15, 0.2) is 6.10 Å². The lowest BCUT2D eigenvalue weighted by Crippen LogP contribution is -2.29. The van der Waals surface area contributed by atoms with Gasteiger partial charge in [0.2, 0.25) is 0 Å². The molecule has 0 radical (unpaired) electrons. The van der Waals surface area contributed by atoms with Gasteiger partial charge in [0.05, 0.1) is 14.2 Å². The first-order valence-corrected chi connectivity index (χ1v) is 5.09. The number of aliphatic hydroxyl groups is 2. The Balaban J connectivity index is 3.02. The van der Waals surface area contributed by atoms with Crippen LogP contribution in [0, 0.1) is 6.92 Å². The molecule has 0 saturated carbocycles. The van der Waals surface area contributed by atoms with Crippen molar-refractivity contribution >= 4 is 5.97 Å². The van der Waals surface area contributed by atoms with Crippen LogP contribution in [0.5, 0.6) is 5.75 Å². The lowest BCUT2D eigenvalue weighted by atomic mass is 9.99. The van der Waals surface area contributed by atoms with Crippen molar-refractivity contribution in [3.63, 3.8) is 0 Å². The van der Waals surface area contributed by atoms with Gasteiger partial charge in [-0.05, 0) is 30.2 Å². The van der Waals surface area contributed by atoms with E-state index in [1.165, 1.54) is 7.11 Å². The maximum atomic E-state index is 11.1. The summed E-state index contributed by atoms with van der Waals surface area (Å²) in [6, 6.07) is 5.05. The number of hydrogen-bond acceptors (Lipinski definition) is 5. The summed E-state index contributed by atoms with van der Waals surface area (Å²) in [6.07, 6.45) is -2.94. The van der Waals surface area contributed by atoms with Crippen LogP contribution in [0.2, 0.25) is 0 Å². The second-order valence-electron chi connectivity index (χ2n) is 3.64. The number of benzene rings is 1. The minimum atomic E-state index is -1.61. The zero-order chi connectivity index (χ0) is 13.0. The molecule has 1 aromatic carbocycles. The molecule has 0 fully saturated rings. The Labute approximate surface area is 99.6 Å². The Morgan fingerprint density at radius 2 is 1.94 bits per heavy atom. The van der Waals surface area contributed by atoms with E-state index in [1.807, 2.05) is 0 Å². The molecule has 17 heavy (non-hydrogen) atoms. The van der Waals surface area contributed by atoms with E-state index in [2.05, 4.69) is 4.74 Å². The molecular weight excluding hydrogens is 224 g/mol. The van der Waals surface area contributed by atoms with Gasteiger partial charge in [-0.15, -0.1) is 0 Å². The van der Waals surface area contributed by atoms with Crippen LogP contribution in [0.1, 0.15) is 17.2 Å². The molecule has 0 aromatic heterocycles. The second-order valence-corrected chi connectivity index (χ2v) is 3.64. The summed E-state index contributed by atoms with van der Waals surface area (Å²) in [5.74, 6) is -0.332. The average molecular weight is 240 g/mol. The second kappa shape index (κ2) is 5.65. The lowest BCUT2D eigenvalue weighted by Gasteiger charge is -2.18. The SMILES string of the molecule is COC(=O)C(O)C(O)c1cc(OC)ccc1C. The highest BCUT2D eigenvalue weighted by Crippen LogP contribution is 2.25. The van der Waals surface area contributed by atoms with Gasteiger partial charge in [-0.2, -0.15) is 0 Å². The predicted octanol–water partition coefficient (Wildman–Crippen LogP) is 0.571. The molecule has 0 aliphatic rings. The molecule has 2 N–H and O–H groups in total. The van der Waals surface area contributed by atoms with Gasteiger partial charge in [0.1, 0.15) is 11.9 Å². The van der Waals surface area contributed by atoms with Gasteiger partial charge in [-0.1, -0.05) is 6.07 Å². The molecule has 2 unspecified atom stereocenters. The fraction of sp³-hybridized carbons (Fsp3) is 0.417. The van der Waals surface area contributed by atoms with Crippen molar-refractivity contribution in [2.75, 3.05) is 14.2 Å². The number of hydrogen-bond donors (Lipinski definition) is 2. The molecule has 1 aromatic rings. The molecule has 94 valence electrons. The van der Waals surface area contributed by atoms with Crippen LogP contribution in [0.25, 0.3) is 0 Å². The van der Waals surface area contributed by atoms with Gasteiger partial charge < -0.3 is 19.7 Å². The van der Waals surface area contributed by atoms with Crippen molar-refractivity contribution in [3.05, 3.63) is 29.3 Å². The molecule has 0 spiro atoms. The maximum absolute atomic E-state index is 11.1. The number of esters is 1. The van der Waals surface area contributed by atoms with Crippen LogP contribution in [-0.2, 0) is 9.53 Å². The van der Waals surface area contributed by atoms with Crippen LogP contribution in [-0.4, -0.2) is 36.5 Å². The summed E-state index contributed by atoms with van der Waals surface area (Å²) in [4.78, 5) is 11.1. The number of ether oxygens (including phenoxy) is 2. The van der Waals surface area contributed by atoms with Crippen molar-refractivity contribution in [3.8, 4) is 5.75 Å². The number of carbonyl (C=O) groups excluding carboxylic acids is 1. The zero-order valence-corrected chi connectivity index (χ0v) is 10.0. The van der Waals surface area contributed by atoms with Crippen LogP contribution in [0.15, 0.2) is 18.2 Å². The third-order valence-electron chi connectivity index (χ3n) is 2.55. The normalized spacial score (nSPS) is 13.9. The maximum Gasteiger partial charge on any atom is 0.337 e. The smallest absolute Gasteiger partial charge is 0.337 e.